The molecule has 2 aromatic rings. The summed E-state index contributed by atoms with van der Waals surface area (Å²) in [4.78, 5) is 11.8. The maximum atomic E-state index is 11.8. The Morgan fingerprint density at radius 3 is 2.52 bits per heavy atom. The predicted molar refractivity (Wildman–Crippen MR) is 99.3 cm³/mol. The standard InChI is InChI=1S/C22H24O3/c23-22(25-17-21-10-4-5-16-24-21)11-6-7-18-12-14-20(15-13-18)19-8-2-1-3-9-19/h1-3,6,8-9,11-15,21H,4-5,7,10,16-17H2/b11-6+. The summed E-state index contributed by atoms with van der Waals surface area (Å²) in [7, 11) is 0. The van der Waals surface area contributed by atoms with Gasteiger partial charge in [0.05, 0.1) is 6.10 Å². The average Bonchev–Trinajstić information content (AvgIpc) is 2.68. The van der Waals surface area contributed by atoms with Gasteiger partial charge in [0.25, 0.3) is 0 Å². The number of carbonyl (C=O) groups is 1. The number of allylic oxidation sites excluding steroid dienone is 1. The Labute approximate surface area is 149 Å². The Balaban J connectivity index is 1.44. The highest BCUT2D eigenvalue weighted by molar-refractivity contribution is 5.81. The second-order valence-corrected chi connectivity index (χ2v) is 6.29. The number of ether oxygens (including phenoxy) is 2. The van der Waals surface area contributed by atoms with Gasteiger partial charge in [-0.05, 0) is 42.4 Å². The summed E-state index contributed by atoms with van der Waals surface area (Å²) in [5, 5.41) is 0. The molecule has 130 valence electrons. The molecule has 3 heteroatoms. The van der Waals surface area contributed by atoms with Crippen molar-refractivity contribution in [1.82, 2.24) is 0 Å². The lowest BCUT2D eigenvalue weighted by Gasteiger charge is -2.21. The first-order chi connectivity index (χ1) is 12.3. The van der Waals surface area contributed by atoms with E-state index in [-0.39, 0.29) is 12.1 Å². The SMILES string of the molecule is O=C(/C=C/Cc1ccc(-c2ccccc2)cc1)OCC1CCCCO1. The van der Waals surface area contributed by atoms with Gasteiger partial charge in [0.1, 0.15) is 6.61 Å². The molecule has 0 saturated carbocycles. The highest BCUT2D eigenvalue weighted by Gasteiger charge is 2.15. The molecule has 1 unspecified atom stereocenters. The number of hydrogen-bond donors (Lipinski definition) is 0. The highest BCUT2D eigenvalue weighted by atomic mass is 16.6. The monoisotopic (exact) mass is 336 g/mol. The first-order valence-corrected chi connectivity index (χ1v) is 8.90. The van der Waals surface area contributed by atoms with Crippen molar-refractivity contribution in [3.8, 4) is 11.1 Å². The maximum absolute atomic E-state index is 11.8. The summed E-state index contributed by atoms with van der Waals surface area (Å²) < 4.78 is 10.8. The molecular weight excluding hydrogens is 312 g/mol. The number of benzene rings is 2. The molecule has 1 saturated heterocycles. The van der Waals surface area contributed by atoms with Crippen LogP contribution in [0.15, 0.2) is 66.7 Å². The minimum atomic E-state index is -0.296. The lowest BCUT2D eigenvalue weighted by Crippen LogP contribution is -2.25. The lowest BCUT2D eigenvalue weighted by molar-refractivity contribution is -0.143. The molecular formula is C22H24O3. The first kappa shape index (κ1) is 17.4. The van der Waals surface area contributed by atoms with E-state index in [9.17, 15) is 4.79 Å². The third-order valence-electron chi connectivity index (χ3n) is 4.35. The van der Waals surface area contributed by atoms with Crippen molar-refractivity contribution in [3.05, 3.63) is 72.3 Å². The second-order valence-electron chi connectivity index (χ2n) is 6.29. The Morgan fingerprint density at radius 2 is 1.80 bits per heavy atom. The molecule has 0 aromatic heterocycles. The van der Waals surface area contributed by atoms with Gasteiger partial charge in [-0.25, -0.2) is 4.79 Å². The van der Waals surface area contributed by atoms with Crippen molar-refractivity contribution in [1.29, 1.82) is 0 Å². The van der Waals surface area contributed by atoms with Gasteiger partial charge in [0.2, 0.25) is 0 Å². The molecule has 0 bridgehead atoms. The molecule has 1 atom stereocenters. The van der Waals surface area contributed by atoms with E-state index in [1.807, 2.05) is 24.3 Å². The first-order valence-electron chi connectivity index (χ1n) is 8.90. The molecule has 2 aromatic carbocycles. The summed E-state index contributed by atoms with van der Waals surface area (Å²) in [5.41, 5.74) is 3.57. The van der Waals surface area contributed by atoms with Crippen LogP contribution in [0.2, 0.25) is 0 Å². The van der Waals surface area contributed by atoms with Crippen LogP contribution in [0.5, 0.6) is 0 Å². The molecule has 0 aliphatic carbocycles. The van der Waals surface area contributed by atoms with Crippen molar-refractivity contribution in [2.45, 2.75) is 31.8 Å². The van der Waals surface area contributed by atoms with Gasteiger partial charge in [-0.15, -0.1) is 0 Å². The summed E-state index contributed by atoms with van der Waals surface area (Å²) in [5.74, 6) is -0.296. The summed E-state index contributed by atoms with van der Waals surface area (Å²) in [6, 6.07) is 18.7. The van der Waals surface area contributed by atoms with E-state index in [4.69, 9.17) is 9.47 Å². The van der Waals surface area contributed by atoms with Crippen LogP contribution in [0.25, 0.3) is 11.1 Å². The summed E-state index contributed by atoms with van der Waals surface area (Å²) in [6.07, 6.45) is 7.37. The van der Waals surface area contributed by atoms with Crippen LogP contribution in [0, 0.1) is 0 Å². The largest absolute Gasteiger partial charge is 0.460 e. The van der Waals surface area contributed by atoms with Gasteiger partial charge in [-0.3, -0.25) is 0 Å². The summed E-state index contributed by atoms with van der Waals surface area (Å²) >= 11 is 0. The fourth-order valence-corrected chi connectivity index (χ4v) is 2.92. The van der Waals surface area contributed by atoms with Gasteiger partial charge in [0, 0.05) is 12.7 Å². The van der Waals surface area contributed by atoms with Crippen molar-refractivity contribution in [2.75, 3.05) is 13.2 Å². The third-order valence-corrected chi connectivity index (χ3v) is 4.35. The Hall–Kier alpha value is -2.39. The van der Waals surface area contributed by atoms with Crippen LogP contribution < -0.4 is 0 Å². The Kier molecular flexibility index (Phi) is 6.41. The van der Waals surface area contributed by atoms with Crippen LogP contribution in [-0.2, 0) is 20.7 Å². The third kappa shape index (κ3) is 5.57. The molecule has 1 aliphatic heterocycles. The average molecular weight is 336 g/mol. The fourth-order valence-electron chi connectivity index (χ4n) is 2.92. The van der Waals surface area contributed by atoms with Gasteiger partial charge >= 0.3 is 5.97 Å². The number of carbonyl (C=O) groups excluding carboxylic acids is 1. The van der Waals surface area contributed by atoms with Crippen molar-refractivity contribution in [3.63, 3.8) is 0 Å². The zero-order chi connectivity index (χ0) is 17.3. The maximum Gasteiger partial charge on any atom is 0.330 e. The molecule has 0 amide bonds. The molecule has 0 N–H and O–H groups in total. The zero-order valence-corrected chi connectivity index (χ0v) is 14.4. The van der Waals surface area contributed by atoms with Crippen LogP contribution in [0.4, 0.5) is 0 Å². The normalized spacial score (nSPS) is 17.5. The van der Waals surface area contributed by atoms with Gasteiger partial charge in [0.15, 0.2) is 0 Å². The van der Waals surface area contributed by atoms with E-state index in [1.165, 1.54) is 22.8 Å². The Morgan fingerprint density at radius 1 is 1.04 bits per heavy atom. The molecule has 1 heterocycles. The quantitative estimate of drug-likeness (QED) is 0.573. The van der Waals surface area contributed by atoms with Crippen molar-refractivity contribution in [2.24, 2.45) is 0 Å². The van der Waals surface area contributed by atoms with E-state index in [0.717, 1.165) is 25.9 Å². The van der Waals surface area contributed by atoms with E-state index < -0.39 is 0 Å². The van der Waals surface area contributed by atoms with Gasteiger partial charge < -0.3 is 9.47 Å². The minimum absolute atomic E-state index is 0.0663. The molecule has 0 spiro atoms. The number of esters is 1. The van der Waals surface area contributed by atoms with Crippen LogP contribution in [0.1, 0.15) is 24.8 Å². The fraction of sp³-hybridized carbons (Fsp3) is 0.318. The molecule has 1 aliphatic rings. The number of hydrogen-bond acceptors (Lipinski definition) is 3. The van der Waals surface area contributed by atoms with Gasteiger partial charge in [-0.2, -0.15) is 0 Å². The van der Waals surface area contributed by atoms with Gasteiger partial charge in [-0.1, -0.05) is 60.7 Å². The molecule has 3 nitrogen and oxygen atoms in total. The molecule has 3 rings (SSSR count). The molecule has 0 radical (unpaired) electrons. The second kappa shape index (κ2) is 9.19. The minimum Gasteiger partial charge on any atom is -0.460 e. The topological polar surface area (TPSA) is 35.5 Å². The van der Waals surface area contributed by atoms with Crippen LogP contribution in [0.3, 0.4) is 0 Å². The summed E-state index contributed by atoms with van der Waals surface area (Å²) in [6.45, 7) is 1.13. The Bertz CT molecular complexity index is 683. The van der Waals surface area contributed by atoms with Crippen molar-refractivity contribution >= 4 is 5.97 Å². The van der Waals surface area contributed by atoms with Crippen LogP contribution in [-0.4, -0.2) is 25.3 Å². The smallest absolute Gasteiger partial charge is 0.330 e. The van der Waals surface area contributed by atoms with E-state index in [0.29, 0.717) is 13.0 Å². The van der Waals surface area contributed by atoms with Crippen molar-refractivity contribution < 1.29 is 14.3 Å². The molecule has 25 heavy (non-hydrogen) atoms. The van der Waals surface area contributed by atoms with E-state index >= 15 is 0 Å². The lowest BCUT2D eigenvalue weighted by atomic mass is 10.0. The zero-order valence-electron chi connectivity index (χ0n) is 14.4. The predicted octanol–water partition coefficient (Wildman–Crippen LogP) is 4.56. The molecule has 1 fully saturated rings. The number of rotatable bonds is 6. The highest BCUT2D eigenvalue weighted by Crippen LogP contribution is 2.19. The van der Waals surface area contributed by atoms with E-state index in [2.05, 4.69) is 36.4 Å². The van der Waals surface area contributed by atoms with Crippen LogP contribution >= 0.6 is 0 Å². The van der Waals surface area contributed by atoms with E-state index in [1.54, 1.807) is 0 Å².